The molecule has 0 aliphatic heterocycles. The first kappa shape index (κ1) is 17.2. The largest absolute Gasteiger partial charge is 0.493 e. The Bertz CT molecular complexity index is 863. The van der Waals surface area contributed by atoms with E-state index in [0.717, 1.165) is 29.7 Å². The number of hydrogen-bond acceptors (Lipinski definition) is 4. The van der Waals surface area contributed by atoms with Crippen LogP contribution in [-0.4, -0.2) is 39.8 Å². The monoisotopic (exact) mass is 366 g/mol. The molecule has 25 heavy (non-hydrogen) atoms. The fraction of sp³-hybridized carbons (Fsp3) is 0.312. The fourth-order valence-electron chi connectivity index (χ4n) is 2.34. The van der Waals surface area contributed by atoms with Crippen molar-refractivity contribution < 1.29 is 19.1 Å². The third kappa shape index (κ3) is 3.43. The second-order valence-electron chi connectivity index (χ2n) is 5.92. The molecule has 0 bridgehead atoms. The summed E-state index contributed by atoms with van der Waals surface area (Å²) in [7, 11) is 2.90. The van der Waals surface area contributed by atoms with E-state index in [1.165, 1.54) is 25.1 Å². The highest BCUT2D eigenvalue weighted by molar-refractivity contribution is 6.34. The highest BCUT2D eigenvalue weighted by atomic mass is 35.5. The number of nitrogens with zero attached hydrogens (tertiary/aromatic N) is 3. The van der Waals surface area contributed by atoms with Gasteiger partial charge in [-0.15, -0.1) is 0 Å². The summed E-state index contributed by atoms with van der Waals surface area (Å²) < 4.78 is 15.0. The lowest BCUT2D eigenvalue weighted by atomic mass is 10.0. The lowest BCUT2D eigenvalue weighted by Crippen LogP contribution is -2.38. The summed E-state index contributed by atoms with van der Waals surface area (Å²) in [5.41, 5.74) is -0.0573. The van der Waals surface area contributed by atoms with Crippen LogP contribution >= 0.6 is 11.6 Å². The molecule has 1 saturated carbocycles. The predicted molar refractivity (Wildman–Crippen MR) is 89.7 cm³/mol. The fourth-order valence-corrected chi connectivity index (χ4v) is 2.62. The molecule has 2 N–H and O–H groups in total. The van der Waals surface area contributed by atoms with Gasteiger partial charge in [-0.1, -0.05) is 11.6 Å². The molecule has 1 heterocycles. The maximum absolute atomic E-state index is 14.0. The summed E-state index contributed by atoms with van der Waals surface area (Å²) in [5, 5.41) is 16.3. The molecule has 1 fully saturated rings. The van der Waals surface area contributed by atoms with Gasteiger partial charge in [0.1, 0.15) is 11.4 Å². The van der Waals surface area contributed by atoms with Crippen LogP contribution in [0, 0.1) is 5.82 Å². The number of anilines is 1. The van der Waals surface area contributed by atoms with E-state index in [0.29, 0.717) is 0 Å². The van der Waals surface area contributed by atoms with E-state index in [-0.39, 0.29) is 34.0 Å². The Labute approximate surface area is 148 Å². The molecule has 1 aromatic carbocycles. The molecule has 0 unspecified atom stereocenters. The number of urea groups is 1. The minimum absolute atomic E-state index is 0.0497. The minimum atomic E-state index is -0.688. The third-order valence-electron chi connectivity index (χ3n) is 3.94. The molecule has 2 amide bonds. The van der Waals surface area contributed by atoms with Crippen LogP contribution in [0.2, 0.25) is 5.15 Å². The van der Waals surface area contributed by atoms with Crippen molar-refractivity contribution in [1.82, 2.24) is 15.1 Å². The number of nitrogens with one attached hydrogen (secondary N) is 1. The average molecular weight is 367 g/mol. The first-order valence-electron chi connectivity index (χ1n) is 7.59. The predicted octanol–water partition coefficient (Wildman–Crippen LogP) is 2.46. The van der Waals surface area contributed by atoms with E-state index in [9.17, 15) is 19.1 Å². The zero-order valence-corrected chi connectivity index (χ0v) is 14.3. The van der Waals surface area contributed by atoms with Crippen molar-refractivity contribution in [3.8, 4) is 5.88 Å². The zero-order chi connectivity index (χ0) is 18.3. The van der Waals surface area contributed by atoms with E-state index in [1.54, 1.807) is 0 Å². The van der Waals surface area contributed by atoms with Gasteiger partial charge in [0.15, 0.2) is 5.15 Å². The van der Waals surface area contributed by atoms with E-state index in [2.05, 4.69) is 10.4 Å². The molecule has 1 aliphatic rings. The molecular weight excluding hydrogens is 351 g/mol. The number of aromatic hydroxyl groups is 1. The molecule has 1 aliphatic carbocycles. The number of carbonyl (C=O) groups excluding carboxylic acids is 2. The maximum Gasteiger partial charge on any atom is 0.321 e. The van der Waals surface area contributed by atoms with Crippen molar-refractivity contribution in [2.45, 2.75) is 18.9 Å². The van der Waals surface area contributed by atoms with E-state index >= 15 is 0 Å². The molecule has 2 aromatic rings. The Morgan fingerprint density at radius 1 is 1.40 bits per heavy atom. The van der Waals surface area contributed by atoms with Gasteiger partial charge in [0.05, 0.1) is 0 Å². The van der Waals surface area contributed by atoms with Gasteiger partial charge in [0.25, 0.3) is 0 Å². The summed E-state index contributed by atoms with van der Waals surface area (Å²) >= 11 is 5.87. The quantitative estimate of drug-likeness (QED) is 0.814. The van der Waals surface area contributed by atoms with Crippen LogP contribution in [0.15, 0.2) is 18.2 Å². The molecule has 9 heteroatoms. The second kappa shape index (κ2) is 6.36. The number of benzene rings is 1. The highest BCUT2D eigenvalue weighted by Crippen LogP contribution is 2.29. The van der Waals surface area contributed by atoms with Crippen LogP contribution in [-0.2, 0) is 7.05 Å². The Hall–Kier alpha value is -2.61. The van der Waals surface area contributed by atoms with Crippen LogP contribution < -0.4 is 10.2 Å². The van der Waals surface area contributed by atoms with Crippen LogP contribution in [0.5, 0.6) is 5.88 Å². The van der Waals surface area contributed by atoms with Crippen molar-refractivity contribution in [3.05, 3.63) is 40.3 Å². The number of aromatic nitrogens is 2. The molecule has 1 aromatic heterocycles. The van der Waals surface area contributed by atoms with E-state index in [4.69, 9.17) is 11.6 Å². The van der Waals surface area contributed by atoms with Gasteiger partial charge in [0, 0.05) is 31.4 Å². The SMILES string of the molecule is CN(C(=O)NC1CC1)c1cc(F)cc(C(=O)c2c(Cl)nn(C)c2O)c1. The standard InChI is InChI=1S/C16H16ClFN4O3/c1-21(16(25)19-10-3-4-10)11-6-8(5-9(18)7-11)13(23)12-14(17)20-22(2)15(12)24/h5-7,10,24H,3-4H2,1-2H3,(H,19,25). The first-order valence-corrected chi connectivity index (χ1v) is 7.96. The van der Waals surface area contributed by atoms with Gasteiger partial charge >= 0.3 is 6.03 Å². The van der Waals surface area contributed by atoms with E-state index in [1.807, 2.05) is 0 Å². The van der Waals surface area contributed by atoms with Crippen molar-refractivity contribution >= 4 is 29.1 Å². The summed E-state index contributed by atoms with van der Waals surface area (Å²) in [6, 6.07) is 3.29. The Morgan fingerprint density at radius 3 is 2.64 bits per heavy atom. The van der Waals surface area contributed by atoms with Crippen molar-refractivity contribution in [1.29, 1.82) is 0 Å². The lowest BCUT2D eigenvalue weighted by molar-refractivity contribution is 0.103. The first-order chi connectivity index (χ1) is 11.8. The molecular formula is C16H16ClFN4O3. The van der Waals surface area contributed by atoms with Gasteiger partial charge in [-0.05, 0) is 31.0 Å². The normalized spacial score (nSPS) is 13.6. The topological polar surface area (TPSA) is 87.5 Å². The smallest absolute Gasteiger partial charge is 0.321 e. The number of amides is 2. The summed E-state index contributed by atoms with van der Waals surface area (Å²) in [6.45, 7) is 0. The number of halogens is 2. The van der Waals surface area contributed by atoms with Crippen LogP contribution in [0.25, 0.3) is 0 Å². The van der Waals surface area contributed by atoms with Crippen LogP contribution in [0.1, 0.15) is 28.8 Å². The van der Waals surface area contributed by atoms with Crippen molar-refractivity contribution in [2.75, 3.05) is 11.9 Å². The Morgan fingerprint density at radius 2 is 2.08 bits per heavy atom. The highest BCUT2D eigenvalue weighted by Gasteiger charge is 2.27. The minimum Gasteiger partial charge on any atom is -0.493 e. The van der Waals surface area contributed by atoms with Crippen molar-refractivity contribution in [2.24, 2.45) is 7.05 Å². The van der Waals surface area contributed by atoms with Gasteiger partial charge in [-0.2, -0.15) is 5.10 Å². The lowest BCUT2D eigenvalue weighted by Gasteiger charge is -2.18. The zero-order valence-electron chi connectivity index (χ0n) is 13.6. The molecule has 0 spiro atoms. The number of ketones is 1. The maximum atomic E-state index is 14.0. The Kier molecular flexibility index (Phi) is 4.38. The number of carbonyl (C=O) groups is 2. The average Bonchev–Trinajstić information content (AvgIpc) is 3.32. The molecule has 0 radical (unpaired) electrons. The number of rotatable bonds is 4. The van der Waals surface area contributed by atoms with Gasteiger partial charge in [-0.25, -0.2) is 13.9 Å². The van der Waals surface area contributed by atoms with Gasteiger partial charge in [-0.3, -0.25) is 9.69 Å². The third-order valence-corrected chi connectivity index (χ3v) is 4.21. The second-order valence-corrected chi connectivity index (χ2v) is 6.28. The summed E-state index contributed by atoms with van der Waals surface area (Å²) in [5.74, 6) is -1.79. The van der Waals surface area contributed by atoms with Crippen molar-refractivity contribution in [3.63, 3.8) is 0 Å². The molecule has 3 rings (SSSR count). The molecule has 7 nitrogen and oxygen atoms in total. The van der Waals surface area contributed by atoms with Gasteiger partial charge in [0.2, 0.25) is 11.7 Å². The molecule has 0 atom stereocenters. The summed E-state index contributed by atoms with van der Waals surface area (Å²) in [4.78, 5) is 25.9. The van der Waals surface area contributed by atoms with Crippen LogP contribution in [0.4, 0.5) is 14.9 Å². The van der Waals surface area contributed by atoms with Crippen LogP contribution in [0.3, 0.4) is 0 Å². The molecule has 132 valence electrons. The molecule has 0 saturated heterocycles. The van der Waals surface area contributed by atoms with Gasteiger partial charge < -0.3 is 10.4 Å². The van der Waals surface area contributed by atoms with E-state index < -0.39 is 17.5 Å². The Balaban J connectivity index is 1.93. The summed E-state index contributed by atoms with van der Waals surface area (Å²) in [6.07, 6.45) is 1.84. The number of hydrogen-bond donors (Lipinski definition) is 2. The number of aryl methyl sites for hydroxylation is 1.